The predicted molar refractivity (Wildman–Crippen MR) is 280 cm³/mol. The largest absolute Gasteiger partial charge is 0.508 e. The number of aliphatic hydroxyl groups is 2. The fourth-order valence-corrected chi connectivity index (χ4v) is 9.66. The van der Waals surface area contributed by atoms with Gasteiger partial charge in [-0.15, -0.1) is 0 Å². The van der Waals surface area contributed by atoms with Crippen molar-refractivity contribution >= 4 is 34.5 Å². The lowest BCUT2D eigenvalue weighted by Crippen LogP contribution is -2.52. The van der Waals surface area contributed by atoms with Gasteiger partial charge in [-0.05, 0) is 96.3 Å². The fourth-order valence-electron chi connectivity index (χ4n) is 9.66. The van der Waals surface area contributed by atoms with Crippen molar-refractivity contribution in [3.8, 4) is 45.4 Å². The quantitative estimate of drug-likeness (QED) is 0.0488. The van der Waals surface area contributed by atoms with Crippen molar-refractivity contribution in [1.82, 2.24) is 10.3 Å². The van der Waals surface area contributed by atoms with Crippen molar-refractivity contribution in [2.24, 2.45) is 22.4 Å². The number of rotatable bonds is 11. The Hall–Kier alpha value is -7.52. The van der Waals surface area contributed by atoms with Crippen molar-refractivity contribution in [3.63, 3.8) is 0 Å². The van der Waals surface area contributed by atoms with Crippen LogP contribution in [-0.2, 0) is 32.1 Å². The molecule has 0 aliphatic carbocycles. The molecular weight excluding hydrogens is 897 g/mol. The summed E-state index contributed by atoms with van der Waals surface area (Å²) in [5, 5.41) is 36.0. The number of aliphatic imine (C=N–C) groups is 1. The molecule has 71 heavy (non-hydrogen) atoms. The second-order valence-corrected chi connectivity index (χ2v) is 18.3. The highest BCUT2D eigenvalue weighted by molar-refractivity contribution is 5.93. The van der Waals surface area contributed by atoms with Gasteiger partial charge in [0.15, 0.2) is 22.9 Å². The van der Waals surface area contributed by atoms with Crippen LogP contribution in [0.5, 0.6) is 23.0 Å². The van der Waals surface area contributed by atoms with E-state index in [0.717, 1.165) is 77.4 Å². The zero-order valence-electron chi connectivity index (χ0n) is 40.2. The van der Waals surface area contributed by atoms with Gasteiger partial charge in [-0.1, -0.05) is 85.8 Å². The number of aromatic amines is 1. The van der Waals surface area contributed by atoms with Crippen LogP contribution < -0.4 is 41.3 Å². The zero-order valence-corrected chi connectivity index (χ0v) is 40.2. The van der Waals surface area contributed by atoms with Crippen LogP contribution in [0.1, 0.15) is 46.9 Å². The van der Waals surface area contributed by atoms with E-state index in [0.29, 0.717) is 41.8 Å². The molecule has 4 bridgehead atoms. The summed E-state index contributed by atoms with van der Waals surface area (Å²) in [6.45, 7) is 4.37. The van der Waals surface area contributed by atoms with E-state index in [2.05, 4.69) is 63.5 Å². The van der Waals surface area contributed by atoms with E-state index in [4.69, 9.17) is 30.1 Å². The minimum atomic E-state index is -0.859. The summed E-state index contributed by atoms with van der Waals surface area (Å²) in [6, 6.07) is 34.6. The van der Waals surface area contributed by atoms with Crippen LogP contribution in [0.3, 0.4) is 0 Å². The van der Waals surface area contributed by atoms with Crippen molar-refractivity contribution in [2.45, 2.75) is 57.6 Å². The Bertz CT molecular complexity index is 3090. The lowest BCUT2D eigenvalue weighted by atomic mass is 9.94. The summed E-state index contributed by atoms with van der Waals surface area (Å²) >= 11 is 0. The first kappa shape index (κ1) is 48.5. The molecule has 0 amide bonds. The third-order valence-corrected chi connectivity index (χ3v) is 13.3. The van der Waals surface area contributed by atoms with Gasteiger partial charge in [-0.2, -0.15) is 0 Å². The SMILES string of the molecule is CCc1cc2c([nH]1)N1CCNCC1Cc1ccc(c(N=C(N)N)c1)CC(CO)COc1c(OC)c(OCCC(O)C=Cc3ccccc3)c3c(=O)cc(-c4ccc(O)cc4)oc3c1CCc1cccc-2c1. The topological polar surface area (TPSA) is 214 Å². The molecule has 1 fully saturated rings. The summed E-state index contributed by atoms with van der Waals surface area (Å²) in [6.07, 6.45) is 5.68. The number of hydrogen-bond donors (Lipinski definition) is 7. The standard InChI is InChI=1S/C57H62N6O8/c1-3-42-30-47-40-11-7-10-36(26-40)14-21-46-52-51(49(67)31-50(71-52)39-16-19-44(65)20-17-39)54(69-25-22-45(66)18-13-35-8-5-4-6-9-35)55(68-2)53(46)70-34-38(33-64)27-41-15-12-37(29-48(41)62-57(58)59)28-43-32-60-23-24-63(43)56(47)61-42/h4-13,15-20,26,29-31,38,43,45,60-61,64-66H,3,14,21-25,27-28,32-34H2,1-2H3,(H4,58,59,62). The highest BCUT2D eigenvalue weighted by Gasteiger charge is 2.30. The van der Waals surface area contributed by atoms with Gasteiger partial charge in [0.1, 0.15) is 28.3 Å². The maximum absolute atomic E-state index is 14.6. The summed E-state index contributed by atoms with van der Waals surface area (Å²) < 4.78 is 26.4. The average molecular weight is 959 g/mol. The monoisotopic (exact) mass is 958 g/mol. The smallest absolute Gasteiger partial charge is 0.204 e. The highest BCUT2D eigenvalue weighted by atomic mass is 16.5. The molecule has 7 aromatic rings. The summed E-state index contributed by atoms with van der Waals surface area (Å²) in [7, 11) is 1.50. The van der Waals surface area contributed by atoms with Crippen molar-refractivity contribution < 1.29 is 33.9 Å². The first-order valence-electron chi connectivity index (χ1n) is 24.4. The summed E-state index contributed by atoms with van der Waals surface area (Å²) in [4.78, 5) is 25.5. The molecule has 5 heterocycles. The number of aromatic nitrogens is 1. The lowest BCUT2D eigenvalue weighted by molar-refractivity contribution is 0.157. The second-order valence-electron chi connectivity index (χ2n) is 18.3. The lowest BCUT2D eigenvalue weighted by Gasteiger charge is -2.38. The molecule has 0 spiro atoms. The number of nitrogens with one attached hydrogen (secondary N) is 2. The van der Waals surface area contributed by atoms with Gasteiger partial charge in [0.05, 0.1) is 32.1 Å². The van der Waals surface area contributed by atoms with Crippen LogP contribution in [0.15, 0.2) is 129 Å². The van der Waals surface area contributed by atoms with Crippen LogP contribution >= 0.6 is 0 Å². The molecule has 5 aromatic carbocycles. The highest BCUT2D eigenvalue weighted by Crippen LogP contribution is 2.48. The Morgan fingerprint density at radius 1 is 0.944 bits per heavy atom. The van der Waals surface area contributed by atoms with Crippen LogP contribution in [0, 0.1) is 5.92 Å². The average Bonchev–Trinajstić information content (AvgIpc) is 3.82. The normalized spacial score (nSPS) is 16.6. The predicted octanol–water partition coefficient (Wildman–Crippen LogP) is 7.83. The molecule has 3 aliphatic heterocycles. The van der Waals surface area contributed by atoms with E-state index in [-0.39, 0.29) is 77.6 Å². The van der Waals surface area contributed by atoms with E-state index < -0.39 is 12.0 Å². The number of guanidine groups is 1. The molecule has 10 rings (SSSR count). The number of ether oxygens (including phenoxy) is 3. The molecule has 368 valence electrons. The Balaban J connectivity index is 1.20. The van der Waals surface area contributed by atoms with Crippen LogP contribution in [0.25, 0.3) is 39.5 Å². The van der Waals surface area contributed by atoms with Gasteiger partial charge in [0, 0.05) is 73.1 Å². The van der Waals surface area contributed by atoms with Gasteiger partial charge in [-0.25, -0.2) is 4.99 Å². The molecule has 14 nitrogen and oxygen atoms in total. The van der Waals surface area contributed by atoms with Crippen LogP contribution in [0.4, 0.5) is 11.5 Å². The van der Waals surface area contributed by atoms with Crippen LogP contribution in [0.2, 0.25) is 0 Å². The van der Waals surface area contributed by atoms with Gasteiger partial charge in [0.25, 0.3) is 0 Å². The maximum Gasteiger partial charge on any atom is 0.204 e. The summed E-state index contributed by atoms with van der Waals surface area (Å²) in [5.41, 5.74) is 20.9. The maximum atomic E-state index is 14.6. The number of fused-ring (bicyclic) bond motifs is 7. The number of aromatic hydroxyl groups is 1. The van der Waals surface area contributed by atoms with E-state index >= 15 is 0 Å². The summed E-state index contributed by atoms with van der Waals surface area (Å²) in [5.74, 6) is 1.46. The number of nitrogens with two attached hydrogens (primary N) is 2. The second kappa shape index (κ2) is 22.1. The van der Waals surface area contributed by atoms with Gasteiger partial charge in [-0.3, -0.25) is 4.79 Å². The van der Waals surface area contributed by atoms with Gasteiger partial charge in [0.2, 0.25) is 5.75 Å². The van der Waals surface area contributed by atoms with E-state index in [1.54, 1.807) is 18.2 Å². The van der Waals surface area contributed by atoms with Gasteiger partial charge < -0.3 is 60.6 Å². The Labute approximate surface area is 413 Å². The molecule has 1 saturated heterocycles. The molecule has 3 aliphatic rings. The number of phenolic OH excluding ortho intramolecular Hbond substituents is 1. The number of aryl methyl sites for hydroxylation is 3. The molecule has 14 heteroatoms. The molecule has 2 aromatic heterocycles. The number of piperazine rings is 1. The number of methoxy groups -OCH3 is 1. The molecule has 3 atom stereocenters. The van der Waals surface area contributed by atoms with E-state index in [1.807, 2.05) is 48.5 Å². The van der Waals surface area contributed by atoms with Crippen molar-refractivity contribution in [1.29, 1.82) is 0 Å². The number of benzene rings is 5. The zero-order chi connectivity index (χ0) is 49.4. The number of H-pyrrole nitrogens is 1. The number of nitrogens with zero attached hydrogens (tertiary/aromatic N) is 2. The third kappa shape index (κ3) is 11.1. The first-order chi connectivity index (χ1) is 34.6. The van der Waals surface area contributed by atoms with E-state index in [1.165, 1.54) is 25.3 Å². The van der Waals surface area contributed by atoms with Crippen LogP contribution in [-0.4, -0.2) is 85.0 Å². The number of anilines is 1. The molecule has 0 saturated carbocycles. The Morgan fingerprint density at radius 3 is 2.55 bits per heavy atom. The number of aliphatic hydroxyl groups excluding tert-OH is 2. The molecule has 9 N–H and O–H groups in total. The van der Waals surface area contributed by atoms with E-state index in [9.17, 15) is 20.1 Å². The van der Waals surface area contributed by atoms with Crippen molar-refractivity contribution in [2.75, 3.05) is 51.5 Å². The molecule has 0 radical (unpaired) electrons. The Kier molecular flexibility index (Phi) is 15.1. The minimum Gasteiger partial charge on any atom is -0.508 e. The molecular formula is C57H62N6O8. The fraction of sp³-hybridized carbons (Fsp3) is 0.298. The first-order valence-corrected chi connectivity index (χ1v) is 24.4. The molecule has 3 unspecified atom stereocenters. The van der Waals surface area contributed by atoms with Crippen molar-refractivity contribution in [3.05, 3.63) is 159 Å². The Morgan fingerprint density at radius 2 is 1.77 bits per heavy atom. The number of phenols is 1. The minimum absolute atomic E-state index is 0.00882. The number of hydrogen-bond acceptors (Lipinski definition) is 11. The third-order valence-electron chi connectivity index (χ3n) is 13.3. The van der Waals surface area contributed by atoms with Gasteiger partial charge >= 0.3 is 0 Å².